The lowest BCUT2D eigenvalue weighted by molar-refractivity contribution is 0.127. The second-order valence-electron chi connectivity index (χ2n) is 7.14. The molecule has 0 spiro atoms. The molecule has 2 atom stereocenters. The van der Waals surface area contributed by atoms with E-state index >= 15 is 0 Å². The van der Waals surface area contributed by atoms with Crippen LogP contribution in [0.4, 0.5) is 0 Å². The van der Waals surface area contributed by atoms with E-state index in [2.05, 4.69) is 38.8 Å². The van der Waals surface area contributed by atoms with E-state index in [4.69, 9.17) is 10.8 Å². The van der Waals surface area contributed by atoms with Crippen molar-refractivity contribution in [3.05, 3.63) is 17.5 Å². The number of hydrogen-bond acceptors (Lipinski definition) is 3. The summed E-state index contributed by atoms with van der Waals surface area (Å²) in [5.41, 5.74) is 9.07. The molecular formula is C16H30N4. The summed E-state index contributed by atoms with van der Waals surface area (Å²) >= 11 is 0. The Morgan fingerprint density at radius 1 is 1.40 bits per heavy atom. The molecule has 0 aromatic carbocycles. The van der Waals surface area contributed by atoms with E-state index in [1.165, 1.54) is 24.1 Å². The Hall–Kier alpha value is -0.870. The summed E-state index contributed by atoms with van der Waals surface area (Å²) in [5.74, 6) is 0. The van der Waals surface area contributed by atoms with Crippen molar-refractivity contribution in [1.29, 1.82) is 0 Å². The van der Waals surface area contributed by atoms with Gasteiger partial charge in [-0.25, -0.2) is 0 Å². The van der Waals surface area contributed by atoms with Crippen LogP contribution < -0.4 is 5.73 Å². The fraction of sp³-hybridized carbons (Fsp3) is 0.812. The molecule has 1 saturated heterocycles. The number of nitrogens with zero attached hydrogens (tertiary/aromatic N) is 3. The maximum absolute atomic E-state index is 6.47. The van der Waals surface area contributed by atoms with Crippen LogP contribution in [0.15, 0.2) is 6.20 Å². The summed E-state index contributed by atoms with van der Waals surface area (Å²) in [6.07, 6.45) is 5.68. The van der Waals surface area contributed by atoms with Crippen LogP contribution in [0, 0.1) is 0 Å². The van der Waals surface area contributed by atoms with Crippen LogP contribution in [0.1, 0.15) is 64.3 Å². The molecule has 1 aromatic heterocycles. The first-order valence-electron chi connectivity index (χ1n) is 7.88. The second-order valence-corrected chi connectivity index (χ2v) is 7.14. The van der Waals surface area contributed by atoms with Gasteiger partial charge in [-0.2, -0.15) is 5.10 Å². The van der Waals surface area contributed by atoms with E-state index in [0.717, 1.165) is 19.5 Å². The van der Waals surface area contributed by atoms with E-state index in [9.17, 15) is 0 Å². The van der Waals surface area contributed by atoms with Crippen molar-refractivity contribution in [3.63, 3.8) is 0 Å². The Balaban J connectivity index is 2.41. The number of rotatable bonds is 3. The molecule has 1 aliphatic rings. The Kier molecular flexibility index (Phi) is 4.55. The molecule has 4 nitrogen and oxygen atoms in total. The minimum Gasteiger partial charge on any atom is -0.326 e. The molecule has 2 heterocycles. The predicted molar refractivity (Wildman–Crippen MR) is 83.7 cm³/mol. The lowest BCUT2D eigenvalue weighted by Gasteiger charge is -2.40. The molecule has 2 N–H and O–H groups in total. The van der Waals surface area contributed by atoms with Gasteiger partial charge in [-0.1, -0.05) is 27.7 Å². The summed E-state index contributed by atoms with van der Waals surface area (Å²) < 4.78 is 1.95. The van der Waals surface area contributed by atoms with Crippen LogP contribution >= 0.6 is 0 Å². The van der Waals surface area contributed by atoms with Crippen molar-refractivity contribution in [2.24, 2.45) is 12.8 Å². The van der Waals surface area contributed by atoms with Gasteiger partial charge in [0.15, 0.2) is 0 Å². The summed E-state index contributed by atoms with van der Waals surface area (Å²) in [6.45, 7) is 11.2. The van der Waals surface area contributed by atoms with Gasteiger partial charge in [-0.15, -0.1) is 0 Å². The molecule has 4 heteroatoms. The van der Waals surface area contributed by atoms with Crippen molar-refractivity contribution >= 4 is 0 Å². The molecule has 114 valence electrons. The average molecular weight is 278 g/mol. The SMILES string of the molecule is CCCN1CCCC(N)C1c1cn(C)nc1C(C)(C)C. The van der Waals surface area contributed by atoms with E-state index in [1.54, 1.807) is 0 Å². The summed E-state index contributed by atoms with van der Waals surface area (Å²) in [7, 11) is 2.01. The zero-order valence-electron chi connectivity index (χ0n) is 13.7. The third kappa shape index (κ3) is 3.07. The topological polar surface area (TPSA) is 47.1 Å². The number of nitrogens with two attached hydrogens (primary N) is 1. The van der Waals surface area contributed by atoms with Gasteiger partial charge in [0.05, 0.1) is 11.7 Å². The highest BCUT2D eigenvalue weighted by atomic mass is 15.3. The summed E-state index contributed by atoms with van der Waals surface area (Å²) in [4.78, 5) is 2.56. The zero-order valence-corrected chi connectivity index (χ0v) is 13.7. The van der Waals surface area contributed by atoms with Gasteiger partial charge >= 0.3 is 0 Å². The smallest absolute Gasteiger partial charge is 0.0726 e. The van der Waals surface area contributed by atoms with Gasteiger partial charge in [0, 0.05) is 30.3 Å². The van der Waals surface area contributed by atoms with Crippen LogP contribution in [0.2, 0.25) is 0 Å². The number of piperidine rings is 1. The van der Waals surface area contributed by atoms with Crippen LogP contribution in [0.5, 0.6) is 0 Å². The predicted octanol–water partition coefficient (Wildman–Crippen LogP) is 2.59. The first kappa shape index (κ1) is 15.5. The molecular weight excluding hydrogens is 248 g/mol. The van der Waals surface area contributed by atoms with Crippen molar-refractivity contribution in [2.45, 2.75) is 64.5 Å². The van der Waals surface area contributed by atoms with E-state index in [0.29, 0.717) is 6.04 Å². The first-order valence-corrected chi connectivity index (χ1v) is 7.88. The Morgan fingerprint density at radius 2 is 2.10 bits per heavy atom. The van der Waals surface area contributed by atoms with E-state index < -0.39 is 0 Å². The standard InChI is InChI=1S/C16H30N4/c1-6-9-20-10-7-8-13(17)14(20)12-11-19(5)18-15(12)16(2,3)4/h11,13-14H,6-10,17H2,1-5H3. The second kappa shape index (κ2) is 5.86. The molecule has 0 amide bonds. The van der Waals surface area contributed by atoms with Crippen LogP contribution in [-0.4, -0.2) is 33.8 Å². The molecule has 2 unspecified atom stereocenters. The molecule has 1 aliphatic heterocycles. The molecule has 2 rings (SSSR count). The molecule has 1 aromatic rings. The average Bonchev–Trinajstić information content (AvgIpc) is 2.71. The fourth-order valence-electron chi connectivity index (χ4n) is 3.37. The van der Waals surface area contributed by atoms with Crippen LogP contribution in [-0.2, 0) is 12.5 Å². The normalized spacial score (nSPS) is 25.1. The number of likely N-dealkylation sites (tertiary alicyclic amines) is 1. The minimum atomic E-state index is 0.0612. The van der Waals surface area contributed by atoms with Gasteiger partial charge in [0.1, 0.15) is 0 Å². The lowest BCUT2D eigenvalue weighted by atomic mass is 9.83. The number of aromatic nitrogens is 2. The van der Waals surface area contributed by atoms with E-state index in [1.807, 2.05) is 11.7 Å². The van der Waals surface area contributed by atoms with Gasteiger partial charge in [0.25, 0.3) is 0 Å². The first-order chi connectivity index (χ1) is 9.34. The molecule has 0 aliphatic carbocycles. The highest BCUT2D eigenvalue weighted by molar-refractivity contribution is 5.29. The largest absolute Gasteiger partial charge is 0.326 e. The third-order valence-corrected chi connectivity index (χ3v) is 4.18. The minimum absolute atomic E-state index is 0.0612. The Morgan fingerprint density at radius 3 is 2.70 bits per heavy atom. The van der Waals surface area contributed by atoms with Crippen LogP contribution in [0.25, 0.3) is 0 Å². The lowest BCUT2D eigenvalue weighted by Crippen LogP contribution is -2.46. The van der Waals surface area contributed by atoms with Crippen LogP contribution in [0.3, 0.4) is 0 Å². The zero-order chi connectivity index (χ0) is 14.9. The van der Waals surface area contributed by atoms with E-state index in [-0.39, 0.29) is 11.5 Å². The highest BCUT2D eigenvalue weighted by Gasteiger charge is 2.35. The maximum atomic E-state index is 6.47. The molecule has 0 saturated carbocycles. The van der Waals surface area contributed by atoms with Crippen molar-refractivity contribution < 1.29 is 0 Å². The van der Waals surface area contributed by atoms with Gasteiger partial charge < -0.3 is 5.73 Å². The molecule has 0 bridgehead atoms. The summed E-state index contributed by atoms with van der Waals surface area (Å²) in [6, 6.07) is 0.548. The van der Waals surface area contributed by atoms with Gasteiger partial charge in [-0.3, -0.25) is 9.58 Å². The Labute approximate surface area is 123 Å². The van der Waals surface area contributed by atoms with Crippen molar-refractivity contribution in [1.82, 2.24) is 14.7 Å². The quantitative estimate of drug-likeness (QED) is 0.924. The molecule has 1 fully saturated rings. The van der Waals surface area contributed by atoms with Gasteiger partial charge in [-0.05, 0) is 32.4 Å². The number of hydrogen-bond donors (Lipinski definition) is 1. The monoisotopic (exact) mass is 278 g/mol. The molecule has 20 heavy (non-hydrogen) atoms. The maximum Gasteiger partial charge on any atom is 0.0726 e. The highest BCUT2D eigenvalue weighted by Crippen LogP contribution is 2.36. The van der Waals surface area contributed by atoms with Crippen molar-refractivity contribution in [3.8, 4) is 0 Å². The fourth-order valence-corrected chi connectivity index (χ4v) is 3.37. The Bertz CT molecular complexity index is 442. The molecule has 0 radical (unpaired) electrons. The number of aryl methyl sites for hydroxylation is 1. The van der Waals surface area contributed by atoms with Crippen molar-refractivity contribution in [2.75, 3.05) is 13.1 Å². The van der Waals surface area contributed by atoms with Gasteiger partial charge in [0.2, 0.25) is 0 Å². The third-order valence-electron chi connectivity index (χ3n) is 4.18. The summed E-state index contributed by atoms with van der Waals surface area (Å²) in [5, 5.41) is 4.72.